The summed E-state index contributed by atoms with van der Waals surface area (Å²) in [5, 5.41) is 9.02. The second-order valence-corrected chi connectivity index (χ2v) is 2.78. The van der Waals surface area contributed by atoms with Gasteiger partial charge in [-0.05, 0) is 5.92 Å². The van der Waals surface area contributed by atoms with E-state index in [-0.39, 0.29) is 11.0 Å². The number of rotatable bonds is 1. The van der Waals surface area contributed by atoms with Crippen LogP contribution in [0.2, 0.25) is 0 Å². The maximum absolute atomic E-state index is 10.8. The van der Waals surface area contributed by atoms with Crippen molar-refractivity contribution in [3.63, 3.8) is 0 Å². The molecule has 2 amide bonds. The predicted molar refractivity (Wildman–Crippen MR) is 36.7 cm³/mol. The van der Waals surface area contributed by atoms with Crippen LogP contribution >= 0.6 is 0 Å². The molecule has 1 fully saturated rings. The van der Waals surface area contributed by atoms with Crippen LogP contribution in [0, 0.1) is 5.92 Å². The van der Waals surface area contributed by atoms with E-state index in [2.05, 4.69) is 0 Å². The zero-order valence-corrected chi connectivity index (χ0v) is 6.41. The smallest absolute Gasteiger partial charge is 0.253 e. The molecule has 0 atom stereocenters. The molecule has 1 heterocycles. The van der Waals surface area contributed by atoms with Crippen molar-refractivity contribution < 1.29 is 14.8 Å². The number of carbonyl (C=O) groups excluding carboxylic acids is 2. The minimum Gasteiger partial charge on any atom is -0.279 e. The largest absolute Gasteiger partial charge is 0.279 e. The third-order valence-corrected chi connectivity index (χ3v) is 1.98. The van der Waals surface area contributed by atoms with Crippen molar-refractivity contribution in [2.75, 3.05) is 0 Å². The molecule has 0 unspecified atom stereocenters. The molecule has 0 aromatic rings. The van der Waals surface area contributed by atoms with Gasteiger partial charge in [0.2, 0.25) is 0 Å². The molecule has 1 N–H and O–H groups in total. The second-order valence-electron chi connectivity index (χ2n) is 2.78. The van der Waals surface area contributed by atoms with Gasteiger partial charge in [0.05, 0.1) is 0 Å². The number of piperidine rings is 1. The first-order valence-corrected chi connectivity index (χ1v) is 3.69. The Morgan fingerprint density at radius 2 is 1.91 bits per heavy atom. The molecular weight excluding hydrogens is 146 g/mol. The van der Waals surface area contributed by atoms with Gasteiger partial charge in [0, 0.05) is 12.8 Å². The van der Waals surface area contributed by atoms with Crippen molar-refractivity contribution in [2.24, 2.45) is 5.92 Å². The maximum atomic E-state index is 10.8. The zero-order valence-electron chi connectivity index (χ0n) is 6.41. The van der Waals surface area contributed by atoms with Gasteiger partial charge in [0.25, 0.3) is 11.8 Å². The SMILES string of the molecule is CCC1CC(=O)N(O)C(=O)C1. The fourth-order valence-electron chi connectivity index (χ4n) is 1.17. The molecule has 0 aliphatic carbocycles. The zero-order chi connectivity index (χ0) is 8.43. The average Bonchev–Trinajstić information content (AvgIpc) is 1.99. The molecule has 0 saturated carbocycles. The van der Waals surface area contributed by atoms with Gasteiger partial charge < -0.3 is 0 Å². The lowest BCUT2D eigenvalue weighted by Gasteiger charge is -2.23. The maximum Gasteiger partial charge on any atom is 0.253 e. The summed E-state index contributed by atoms with van der Waals surface area (Å²) in [5.74, 6) is -0.834. The van der Waals surface area contributed by atoms with Crippen LogP contribution in [0.15, 0.2) is 0 Å². The highest BCUT2D eigenvalue weighted by atomic mass is 16.5. The highest BCUT2D eigenvalue weighted by Crippen LogP contribution is 2.20. The molecule has 0 aromatic carbocycles. The van der Waals surface area contributed by atoms with Gasteiger partial charge in [-0.3, -0.25) is 14.8 Å². The number of hydrogen-bond acceptors (Lipinski definition) is 3. The van der Waals surface area contributed by atoms with E-state index in [0.29, 0.717) is 12.8 Å². The van der Waals surface area contributed by atoms with Crippen LogP contribution in [0.1, 0.15) is 26.2 Å². The molecule has 1 aliphatic heterocycles. The number of carbonyl (C=O) groups is 2. The monoisotopic (exact) mass is 157 g/mol. The minimum atomic E-state index is -0.479. The molecule has 0 bridgehead atoms. The molecule has 4 nitrogen and oxygen atoms in total. The molecule has 1 saturated heterocycles. The van der Waals surface area contributed by atoms with E-state index in [9.17, 15) is 9.59 Å². The van der Waals surface area contributed by atoms with E-state index in [1.807, 2.05) is 6.92 Å². The van der Waals surface area contributed by atoms with Gasteiger partial charge in [-0.15, -0.1) is 0 Å². The lowest BCUT2D eigenvalue weighted by atomic mass is 9.94. The summed E-state index contributed by atoms with van der Waals surface area (Å²) in [7, 11) is 0. The summed E-state index contributed by atoms with van der Waals surface area (Å²) >= 11 is 0. The van der Waals surface area contributed by atoms with Crippen molar-refractivity contribution in [3.8, 4) is 0 Å². The van der Waals surface area contributed by atoms with E-state index < -0.39 is 11.8 Å². The molecule has 0 spiro atoms. The first-order chi connectivity index (χ1) is 5.15. The van der Waals surface area contributed by atoms with Crippen LogP contribution in [-0.4, -0.2) is 22.1 Å². The molecule has 1 rings (SSSR count). The van der Waals surface area contributed by atoms with E-state index in [1.165, 1.54) is 0 Å². The van der Waals surface area contributed by atoms with Crippen molar-refractivity contribution in [3.05, 3.63) is 0 Å². The summed E-state index contributed by atoms with van der Waals surface area (Å²) in [4.78, 5) is 21.7. The lowest BCUT2D eigenvalue weighted by molar-refractivity contribution is -0.185. The molecule has 4 heteroatoms. The summed E-state index contributed by atoms with van der Waals surface area (Å²) in [6.45, 7) is 1.93. The number of hydrogen-bond donors (Lipinski definition) is 1. The predicted octanol–water partition coefficient (Wildman–Crippen LogP) is 0.551. The summed E-state index contributed by atoms with van der Waals surface area (Å²) < 4.78 is 0. The van der Waals surface area contributed by atoms with Crippen molar-refractivity contribution >= 4 is 11.8 Å². The Kier molecular flexibility index (Phi) is 2.24. The van der Waals surface area contributed by atoms with Gasteiger partial charge in [-0.25, -0.2) is 0 Å². The van der Waals surface area contributed by atoms with Crippen LogP contribution in [-0.2, 0) is 9.59 Å². The summed E-state index contributed by atoms with van der Waals surface area (Å²) in [6, 6.07) is 0. The van der Waals surface area contributed by atoms with Gasteiger partial charge in [0.1, 0.15) is 0 Å². The van der Waals surface area contributed by atoms with Crippen LogP contribution in [0.4, 0.5) is 0 Å². The highest BCUT2D eigenvalue weighted by Gasteiger charge is 2.30. The Hall–Kier alpha value is -0.900. The number of nitrogens with zero attached hydrogens (tertiary/aromatic N) is 1. The second kappa shape index (κ2) is 3.00. The van der Waals surface area contributed by atoms with Crippen LogP contribution in [0.25, 0.3) is 0 Å². The molecule has 1 aliphatic rings. The topological polar surface area (TPSA) is 57.6 Å². The van der Waals surface area contributed by atoms with Crippen LogP contribution in [0.5, 0.6) is 0 Å². The van der Waals surface area contributed by atoms with Crippen molar-refractivity contribution in [1.82, 2.24) is 5.06 Å². The van der Waals surface area contributed by atoms with E-state index >= 15 is 0 Å². The fourth-order valence-corrected chi connectivity index (χ4v) is 1.17. The van der Waals surface area contributed by atoms with Crippen molar-refractivity contribution in [1.29, 1.82) is 0 Å². The van der Waals surface area contributed by atoms with Gasteiger partial charge in [0.15, 0.2) is 0 Å². The fraction of sp³-hybridized carbons (Fsp3) is 0.714. The molecule has 11 heavy (non-hydrogen) atoms. The lowest BCUT2D eigenvalue weighted by Crippen LogP contribution is -2.40. The Morgan fingerprint density at radius 1 is 1.45 bits per heavy atom. The van der Waals surface area contributed by atoms with Gasteiger partial charge in [-0.2, -0.15) is 5.06 Å². The first-order valence-electron chi connectivity index (χ1n) is 3.69. The normalized spacial score (nSPS) is 21.1. The third-order valence-electron chi connectivity index (χ3n) is 1.98. The van der Waals surface area contributed by atoms with Crippen LogP contribution in [0.3, 0.4) is 0 Å². The number of imide groups is 1. The van der Waals surface area contributed by atoms with E-state index in [0.717, 1.165) is 6.42 Å². The van der Waals surface area contributed by atoms with E-state index in [1.54, 1.807) is 0 Å². The molecule has 0 radical (unpaired) electrons. The Labute approximate surface area is 64.8 Å². The molecule has 62 valence electrons. The Morgan fingerprint density at radius 3 is 2.27 bits per heavy atom. The van der Waals surface area contributed by atoms with Gasteiger partial charge in [-0.1, -0.05) is 13.3 Å². The third kappa shape index (κ3) is 1.57. The quantitative estimate of drug-likeness (QED) is 0.446. The summed E-state index contributed by atoms with van der Waals surface area (Å²) in [6.07, 6.45) is 1.39. The number of hydroxylamine groups is 2. The Balaban J connectivity index is 2.62. The van der Waals surface area contributed by atoms with Gasteiger partial charge >= 0.3 is 0 Å². The highest BCUT2D eigenvalue weighted by molar-refractivity contribution is 5.96. The van der Waals surface area contributed by atoms with E-state index in [4.69, 9.17) is 5.21 Å². The van der Waals surface area contributed by atoms with Crippen LogP contribution < -0.4 is 0 Å². The summed E-state index contributed by atoms with van der Waals surface area (Å²) in [5.41, 5.74) is 0. The minimum absolute atomic E-state index is 0.124. The first kappa shape index (κ1) is 8.20. The molecule has 0 aromatic heterocycles. The average molecular weight is 157 g/mol. The number of amides is 2. The Bertz CT molecular complexity index is 172. The van der Waals surface area contributed by atoms with Crippen molar-refractivity contribution in [2.45, 2.75) is 26.2 Å². The molecular formula is C7H11NO3. The standard InChI is InChI=1S/C7H11NO3/c1-2-5-3-6(9)8(11)7(10)4-5/h5,11H,2-4H2,1H3.